The molecule has 0 aliphatic rings. The summed E-state index contributed by atoms with van der Waals surface area (Å²) in [6.07, 6.45) is 4.43. The normalized spacial score (nSPS) is 10.8. The summed E-state index contributed by atoms with van der Waals surface area (Å²) in [5.41, 5.74) is 1.08. The van der Waals surface area contributed by atoms with Gasteiger partial charge in [0.2, 0.25) is 5.43 Å². The molecule has 1 aromatic carbocycles. The zero-order valence-electron chi connectivity index (χ0n) is 8.96. The minimum atomic E-state index is -0.0568. The lowest BCUT2D eigenvalue weighted by atomic mass is 10.1. The largest absolute Gasteiger partial charge is 0.320 e. The molecule has 0 aliphatic carbocycles. The predicted molar refractivity (Wildman–Crippen MR) is 66.6 cm³/mol. The molecule has 0 amide bonds. The van der Waals surface area contributed by atoms with Crippen LogP contribution in [0.4, 0.5) is 0 Å². The van der Waals surface area contributed by atoms with E-state index in [0.717, 1.165) is 11.7 Å². The molecule has 0 radical (unpaired) electrons. The Hall–Kier alpha value is -2.42. The lowest BCUT2D eigenvalue weighted by Crippen LogP contribution is -2.00. The third-order valence-corrected chi connectivity index (χ3v) is 2.88. The zero-order chi connectivity index (χ0) is 11.8. The fourth-order valence-electron chi connectivity index (χ4n) is 2.00. The lowest BCUT2D eigenvalue weighted by molar-refractivity contribution is 0.112. The van der Waals surface area contributed by atoms with Crippen molar-refractivity contribution in [3.8, 4) is 0 Å². The molecule has 0 fully saturated rings. The van der Waals surface area contributed by atoms with E-state index in [-0.39, 0.29) is 5.43 Å². The second kappa shape index (κ2) is 3.56. The summed E-state index contributed by atoms with van der Waals surface area (Å²) in [6, 6.07) is 10.6. The SMILES string of the molecule is O=Cc1ccc2ccn3cccc3c(=O)c2c1. The van der Waals surface area contributed by atoms with E-state index in [4.69, 9.17) is 0 Å². The van der Waals surface area contributed by atoms with Gasteiger partial charge >= 0.3 is 0 Å². The Balaban J connectivity index is 2.60. The van der Waals surface area contributed by atoms with Gasteiger partial charge in [-0.15, -0.1) is 0 Å². The molecule has 3 heteroatoms. The van der Waals surface area contributed by atoms with Gasteiger partial charge in [-0.1, -0.05) is 12.1 Å². The van der Waals surface area contributed by atoms with Crippen molar-refractivity contribution in [3.05, 3.63) is 64.6 Å². The number of aldehydes is 1. The van der Waals surface area contributed by atoms with Crippen molar-refractivity contribution in [1.82, 2.24) is 4.40 Å². The zero-order valence-corrected chi connectivity index (χ0v) is 8.96. The van der Waals surface area contributed by atoms with Crippen molar-refractivity contribution in [3.63, 3.8) is 0 Å². The summed E-state index contributed by atoms with van der Waals surface area (Å²) in [5, 5.41) is 1.41. The van der Waals surface area contributed by atoms with Crippen molar-refractivity contribution in [2.24, 2.45) is 0 Å². The first-order chi connectivity index (χ1) is 8.29. The van der Waals surface area contributed by atoms with Gasteiger partial charge in [-0.05, 0) is 29.7 Å². The monoisotopic (exact) mass is 223 g/mol. The van der Waals surface area contributed by atoms with E-state index in [9.17, 15) is 9.59 Å². The van der Waals surface area contributed by atoms with Crippen LogP contribution in [0.2, 0.25) is 0 Å². The van der Waals surface area contributed by atoms with E-state index < -0.39 is 0 Å². The quantitative estimate of drug-likeness (QED) is 0.593. The first-order valence-electron chi connectivity index (χ1n) is 5.28. The average molecular weight is 223 g/mol. The molecule has 17 heavy (non-hydrogen) atoms. The molecule has 82 valence electrons. The van der Waals surface area contributed by atoms with Crippen molar-refractivity contribution in [2.75, 3.05) is 0 Å². The molecule has 0 atom stereocenters. The van der Waals surface area contributed by atoms with Gasteiger partial charge in [0.15, 0.2) is 0 Å². The molecule has 0 unspecified atom stereocenters. The number of aromatic nitrogens is 1. The first-order valence-corrected chi connectivity index (χ1v) is 5.28. The Kier molecular flexibility index (Phi) is 2.05. The maximum absolute atomic E-state index is 12.3. The van der Waals surface area contributed by atoms with Crippen LogP contribution < -0.4 is 5.43 Å². The fraction of sp³-hybridized carbons (Fsp3) is 0. The van der Waals surface area contributed by atoms with Gasteiger partial charge < -0.3 is 4.40 Å². The summed E-state index contributed by atoms with van der Waals surface area (Å²) in [7, 11) is 0. The molecule has 3 aromatic rings. The summed E-state index contributed by atoms with van der Waals surface area (Å²) in [5.74, 6) is 0. The first kappa shape index (κ1) is 9.78. The Morgan fingerprint density at radius 2 is 1.94 bits per heavy atom. The Morgan fingerprint density at radius 1 is 1.06 bits per heavy atom. The van der Waals surface area contributed by atoms with E-state index in [1.54, 1.807) is 28.7 Å². The van der Waals surface area contributed by atoms with Crippen LogP contribution in [0.3, 0.4) is 0 Å². The van der Waals surface area contributed by atoms with Crippen molar-refractivity contribution >= 4 is 22.6 Å². The summed E-state index contributed by atoms with van der Waals surface area (Å²) >= 11 is 0. The lowest BCUT2D eigenvalue weighted by Gasteiger charge is -1.92. The van der Waals surface area contributed by atoms with E-state index in [0.29, 0.717) is 16.5 Å². The fourth-order valence-corrected chi connectivity index (χ4v) is 2.00. The summed E-state index contributed by atoms with van der Waals surface area (Å²) in [6.45, 7) is 0. The molecule has 3 nitrogen and oxygen atoms in total. The standard InChI is InChI=1S/C14H9NO2/c16-9-10-3-4-11-5-7-15-6-1-2-13(15)14(17)12(11)8-10/h1-9H. The van der Waals surface area contributed by atoms with Crippen LogP contribution >= 0.6 is 0 Å². The molecule has 0 saturated carbocycles. The maximum atomic E-state index is 12.3. The van der Waals surface area contributed by atoms with E-state index >= 15 is 0 Å². The van der Waals surface area contributed by atoms with Crippen LogP contribution in [0.25, 0.3) is 16.3 Å². The van der Waals surface area contributed by atoms with Crippen LogP contribution in [-0.4, -0.2) is 10.7 Å². The highest BCUT2D eigenvalue weighted by Crippen LogP contribution is 2.12. The molecular formula is C14H9NO2. The smallest absolute Gasteiger partial charge is 0.210 e. The number of rotatable bonds is 1. The number of benzene rings is 1. The molecule has 0 aliphatic heterocycles. The Morgan fingerprint density at radius 3 is 2.76 bits per heavy atom. The van der Waals surface area contributed by atoms with Gasteiger partial charge in [0, 0.05) is 23.3 Å². The average Bonchev–Trinajstić information content (AvgIpc) is 2.79. The molecular weight excluding hydrogens is 214 g/mol. The van der Waals surface area contributed by atoms with Gasteiger partial charge in [0.25, 0.3) is 0 Å². The molecule has 2 heterocycles. The molecule has 2 aromatic heterocycles. The molecule has 3 rings (SSSR count). The van der Waals surface area contributed by atoms with Crippen molar-refractivity contribution in [2.45, 2.75) is 0 Å². The van der Waals surface area contributed by atoms with Gasteiger partial charge in [-0.2, -0.15) is 0 Å². The van der Waals surface area contributed by atoms with E-state index in [1.165, 1.54) is 0 Å². The number of fused-ring (bicyclic) bond motifs is 2. The van der Waals surface area contributed by atoms with Crippen LogP contribution in [0.5, 0.6) is 0 Å². The second-order valence-corrected chi connectivity index (χ2v) is 3.91. The van der Waals surface area contributed by atoms with Crippen molar-refractivity contribution < 1.29 is 4.79 Å². The van der Waals surface area contributed by atoms with Gasteiger partial charge in [-0.3, -0.25) is 9.59 Å². The van der Waals surface area contributed by atoms with E-state index in [1.807, 2.05) is 24.5 Å². The molecule has 0 saturated heterocycles. The number of carbonyl (C=O) groups is 1. The topological polar surface area (TPSA) is 38.5 Å². The molecule has 0 bridgehead atoms. The van der Waals surface area contributed by atoms with E-state index in [2.05, 4.69) is 0 Å². The van der Waals surface area contributed by atoms with Crippen LogP contribution in [0, 0.1) is 0 Å². The number of nitrogens with zero attached hydrogens (tertiary/aromatic N) is 1. The number of hydrogen-bond donors (Lipinski definition) is 0. The Bertz CT molecular complexity index is 787. The number of carbonyl (C=O) groups excluding carboxylic acids is 1. The molecule has 0 N–H and O–H groups in total. The van der Waals surface area contributed by atoms with Gasteiger partial charge in [0.1, 0.15) is 6.29 Å². The van der Waals surface area contributed by atoms with Crippen molar-refractivity contribution in [1.29, 1.82) is 0 Å². The third-order valence-electron chi connectivity index (χ3n) is 2.88. The highest BCUT2D eigenvalue weighted by molar-refractivity contribution is 5.90. The summed E-state index contributed by atoms with van der Waals surface area (Å²) < 4.78 is 1.78. The van der Waals surface area contributed by atoms with Gasteiger partial charge in [-0.25, -0.2) is 0 Å². The molecule has 0 spiro atoms. The maximum Gasteiger partial charge on any atom is 0.210 e. The minimum absolute atomic E-state index is 0.0568. The highest BCUT2D eigenvalue weighted by Gasteiger charge is 2.02. The third kappa shape index (κ3) is 1.44. The predicted octanol–water partition coefficient (Wildman–Crippen LogP) is 2.27. The van der Waals surface area contributed by atoms with Gasteiger partial charge in [0.05, 0.1) is 5.52 Å². The Labute approximate surface area is 96.9 Å². The van der Waals surface area contributed by atoms with Crippen LogP contribution in [0.15, 0.2) is 53.6 Å². The highest BCUT2D eigenvalue weighted by atomic mass is 16.1. The van der Waals surface area contributed by atoms with Crippen LogP contribution in [-0.2, 0) is 0 Å². The summed E-state index contributed by atoms with van der Waals surface area (Å²) in [4.78, 5) is 23.0. The number of hydrogen-bond acceptors (Lipinski definition) is 2. The second-order valence-electron chi connectivity index (χ2n) is 3.91. The minimum Gasteiger partial charge on any atom is -0.320 e. The van der Waals surface area contributed by atoms with Crippen LogP contribution in [0.1, 0.15) is 10.4 Å².